The fourth-order valence-corrected chi connectivity index (χ4v) is 2.21. The molecule has 136 valence electrons. The first-order valence-electron chi connectivity index (χ1n) is 7.10. The fourth-order valence-electron chi connectivity index (χ4n) is 2.21. The van der Waals surface area contributed by atoms with Gasteiger partial charge in [-0.25, -0.2) is 0 Å². The predicted molar refractivity (Wildman–Crippen MR) is 74.2 cm³/mol. The van der Waals surface area contributed by atoms with E-state index in [-0.39, 0.29) is 6.61 Å². The van der Waals surface area contributed by atoms with Crippen molar-refractivity contribution in [3.63, 3.8) is 0 Å². The first-order valence-corrected chi connectivity index (χ1v) is 7.10. The summed E-state index contributed by atoms with van der Waals surface area (Å²) in [5.74, 6) is -2.87. The van der Waals surface area contributed by atoms with Gasteiger partial charge in [0.15, 0.2) is 24.6 Å². The normalized spacial score (nSPS) is 29.3. The Labute approximate surface area is 137 Å². The molecule has 0 saturated carbocycles. The van der Waals surface area contributed by atoms with Gasteiger partial charge in [0.25, 0.3) is 0 Å². The summed E-state index contributed by atoms with van der Waals surface area (Å²) in [6.07, 6.45) is -6.79. The maximum atomic E-state index is 11.3. The first-order chi connectivity index (χ1) is 11.1. The highest BCUT2D eigenvalue weighted by atomic mass is 16.7. The van der Waals surface area contributed by atoms with Crippen molar-refractivity contribution in [3.05, 3.63) is 0 Å². The molecule has 0 aromatic rings. The summed E-state index contributed by atoms with van der Waals surface area (Å²) in [5, 5.41) is 10.0. The molecule has 0 aromatic carbocycles. The highest BCUT2D eigenvalue weighted by Gasteiger charge is 2.51. The van der Waals surface area contributed by atoms with Crippen molar-refractivity contribution in [1.29, 1.82) is 0 Å². The van der Waals surface area contributed by atoms with Gasteiger partial charge in [-0.2, -0.15) is 0 Å². The molecule has 10 heteroatoms. The number of carbonyl (C=O) groups is 4. The Kier molecular flexibility index (Phi) is 7.11. The lowest BCUT2D eigenvalue weighted by Gasteiger charge is -2.42. The molecule has 0 spiro atoms. The van der Waals surface area contributed by atoms with Gasteiger partial charge in [0.05, 0.1) is 0 Å². The molecule has 5 atom stereocenters. The Morgan fingerprint density at radius 2 is 1.25 bits per heavy atom. The molecule has 0 aromatic heterocycles. The number of hydrogen-bond donors (Lipinski definition) is 1. The maximum Gasteiger partial charge on any atom is 0.303 e. The summed E-state index contributed by atoms with van der Waals surface area (Å²) < 4.78 is 25.0. The van der Waals surface area contributed by atoms with Crippen molar-refractivity contribution < 1.29 is 48.0 Å². The summed E-state index contributed by atoms with van der Waals surface area (Å²) in [4.78, 5) is 44.9. The molecule has 24 heavy (non-hydrogen) atoms. The van der Waals surface area contributed by atoms with Crippen LogP contribution in [0.15, 0.2) is 0 Å². The molecule has 1 saturated heterocycles. The van der Waals surface area contributed by atoms with Gasteiger partial charge in [0, 0.05) is 27.7 Å². The van der Waals surface area contributed by atoms with Crippen LogP contribution in [0, 0.1) is 0 Å². The third-order valence-electron chi connectivity index (χ3n) is 2.97. The summed E-state index contributed by atoms with van der Waals surface area (Å²) in [6, 6.07) is 0. The summed E-state index contributed by atoms with van der Waals surface area (Å²) in [7, 11) is 0. The monoisotopic (exact) mass is 348 g/mol. The Balaban J connectivity index is 3.11. The number of hydrogen-bond acceptors (Lipinski definition) is 10. The predicted octanol–water partition coefficient (Wildman–Crippen LogP) is -0.938. The van der Waals surface area contributed by atoms with Crippen LogP contribution in [0.5, 0.6) is 0 Å². The molecule has 0 bridgehead atoms. The zero-order valence-corrected chi connectivity index (χ0v) is 13.7. The lowest BCUT2D eigenvalue weighted by Crippen LogP contribution is -2.62. The van der Waals surface area contributed by atoms with E-state index in [2.05, 4.69) is 0 Å². The van der Waals surface area contributed by atoms with Gasteiger partial charge in [-0.05, 0) is 0 Å². The Hall–Kier alpha value is -2.20. The van der Waals surface area contributed by atoms with Gasteiger partial charge in [-0.15, -0.1) is 0 Å². The van der Waals surface area contributed by atoms with E-state index in [4.69, 9.17) is 23.7 Å². The van der Waals surface area contributed by atoms with Crippen LogP contribution in [0.4, 0.5) is 0 Å². The molecule has 10 nitrogen and oxygen atoms in total. The molecule has 1 rings (SSSR count). The van der Waals surface area contributed by atoms with Crippen molar-refractivity contribution in [2.24, 2.45) is 0 Å². The molecule has 0 aliphatic carbocycles. The first kappa shape index (κ1) is 19.8. The third kappa shape index (κ3) is 5.78. The fraction of sp³-hybridized carbons (Fsp3) is 0.714. The van der Waals surface area contributed by atoms with E-state index in [1.165, 1.54) is 0 Å². The minimum atomic E-state index is -1.68. The smallest absolute Gasteiger partial charge is 0.303 e. The molecule has 1 fully saturated rings. The number of aliphatic hydroxyl groups excluding tert-OH is 1. The zero-order valence-electron chi connectivity index (χ0n) is 13.7. The average molecular weight is 348 g/mol. The number of rotatable bonds is 5. The lowest BCUT2D eigenvalue weighted by atomic mass is 9.98. The van der Waals surface area contributed by atoms with Crippen molar-refractivity contribution >= 4 is 23.9 Å². The topological polar surface area (TPSA) is 135 Å². The maximum absolute atomic E-state index is 11.3. The third-order valence-corrected chi connectivity index (χ3v) is 2.97. The van der Waals surface area contributed by atoms with E-state index in [1.807, 2.05) is 0 Å². The van der Waals surface area contributed by atoms with Crippen LogP contribution in [0.25, 0.3) is 0 Å². The van der Waals surface area contributed by atoms with E-state index in [0.717, 1.165) is 27.7 Å². The van der Waals surface area contributed by atoms with E-state index in [0.29, 0.717) is 0 Å². The van der Waals surface area contributed by atoms with Crippen molar-refractivity contribution in [3.8, 4) is 0 Å². The summed E-state index contributed by atoms with van der Waals surface area (Å²) >= 11 is 0. The molecular weight excluding hydrogens is 328 g/mol. The standard InChI is InChI=1S/C14H20O10/c1-6(15)20-5-10-11(21-7(2)16)12(22-8(3)17)13(14(19)24-10)23-9(4)18/h10-14,19H,5H2,1-4H3/t10-,11+,12-,13-,14-/m1/s1. The zero-order chi connectivity index (χ0) is 18.4. The van der Waals surface area contributed by atoms with Gasteiger partial charge in [0.1, 0.15) is 12.7 Å². The molecule has 0 radical (unpaired) electrons. The second-order valence-electron chi connectivity index (χ2n) is 5.09. The van der Waals surface area contributed by atoms with Gasteiger partial charge in [0.2, 0.25) is 0 Å². The second-order valence-corrected chi connectivity index (χ2v) is 5.09. The average Bonchev–Trinajstić information content (AvgIpc) is 2.42. The molecule has 1 aliphatic rings. The van der Waals surface area contributed by atoms with Gasteiger partial charge >= 0.3 is 23.9 Å². The van der Waals surface area contributed by atoms with Crippen LogP contribution < -0.4 is 0 Å². The van der Waals surface area contributed by atoms with Crippen LogP contribution in [0.3, 0.4) is 0 Å². The highest BCUT2D eigenvalue weighted by Crippen LogP contribution is 2.28. The van der Waals surface area contributed by atoms with Crippen LogP contribution in [-0.2, 0) is 42.9 Å². The Morgan fingerprint density at radius 3 is 1.71 bits per heavy atom. The lowest BCUT2D eigenvalue weighted by molar-refractivity contribution is -0.296. The molecule has 1 N–H and O–H groups in total. The Bertz CT molecular complexity index is 502. The minimum Gasteiger partial charge on any atom is -0.463 e. The highest BCUT2D eigenvalue weighted by molar-refractivity contribution is 5.68. The summed E-state index contributed by atoms with van der Waals surface area (Å²) in [6.45, 7) is 4.09. The van der Waals surface area contributed by atoms with E-state index in [1.54, 1.807) is 0 Å². The van der Waals surface area contributed by atoms with Crippen LogP contribution in [0.2, 0.25) is 0 Å². The van der Waals surface area contributed by atoms with Crippen LogP contribution in [0.1, 0.15) is 27.7 Å². The van der Waals surface area contributed by atoms with Gasteiger partial charge in [-0.1, -0.05) is 0 Å². The second kappa shape index (κ2) is 8.60. The van der Waals surface area contributed by atoms with Crippen LogP contribution >= 0.6 is 0 Å². The molecule has 1 aliphatic heterocycles. The number of ether oxygens (including phenoxy) is 5. The quantitative estimate of drug-likeness (QED) is 0.490. The molecule has 0 unspecified atom stereocenters. The van der Waals surface area contributed by atoms with E-state index >= 15 is 0 Å². The van der Waals surface area contributed by atoms with Crippen molar-refractivity contribution in [2.45, 2.75) is 58.4 Å². The number of esters is 4. The largest absolute Gasteiger partial charge is 0.463 e. The molecule has 0 amide bonds. The van der Waals surface area contributed by atoms with Crippen LogP contribution in [-0.4, -0.2) is 66.3 Å². The summed E-state index contributed by atoms with van der Waals surface area (Å²) in [5.41, 5.74) is 0. The van der Waals surface area contributed by atoms with Crippen molar-refractivity contribution in [1.82, 2.24) is 0 Å². The Morgan fingerprint density at radius 1 is 0.792 bits per heavy atom. The number of aliphatic hydroxyl groups is 1. The number of carbonyl (C=O) groups excluding carboxylic acids is 4. The SMILES string of the molecule is CC(=O)OC[C@H]1O[C@@H](O)[C@H](OC(C)=O)[C@H](OC(C)=O)[C@H]1OC(C)=O. The molecular formula is C14H20O10. The molecule has 1 heterocycles. The van der Waals surface area contributed by atoms with Gasteiger partial charge < -0.3 is 28.8 Å². The van der Waals surface area contributed by atoms with Crippen molar-refractivity contribution in [2.75, 3.05) is 6.61 Å². The van der Waals surface area contributed by atoms with Gasteiger partial charge in [-0.3, -0.25) is 19.2 Å². The minimum absolute atomic E-state index is 0.366. The van der Waals surface area contributed by atoms with E-state index in [9.17, 15) is 24.3 Å². The van der Waals surface area contributed by atoms with E-state index < -0.39 is 54.6 Å².